The van der Waals surface area contributed by atoms with Crippen LogP contribution in [0.4, 0.5) is 5.82 Å². The van der Waals surface area contributed by atoms with E-state index in [1.807, 2.05) is 13.8 Å². The van der Waals surface area contributed by atoms with Crippen molar-refractivity contribution < 1.29 is 17.9 Å². The van der Waals surface area contributed by atoms with Crippen LogP contribution in [-0.4, -0.2) is 69.6 Å². The smallest absolute Gasteiger partial charge is 0.244 e. The molecular formula is C15H24N4O4S. The molecule has 0 aliphatic carbocycles. The molecule has 8 nitrogen and oxygen atoms in total. The molecule has 0 bridgehead atoms. The standard InChI is InChI=1S/C15H24N4O4S/c1-3-16-15(20)12-18(4-2)14-6-5-13(11-17-14)24(21,22)19-7-9-23-10-8-19/h5-6,11H,3-4,7-10,12H2,1-2H3,(H,16,20). The molecular weight excluding hydrogens is 332 g/mol. The van der Waals surface area contributed by atoms with Gasteiger partial charge in [0.05, 0.1) is 19.8 Å². The third-order valence-electron chi connectivity index (χ3n) is 3.74. The number of nitrogens with one attached hydrogen (secondary N) is 1. The molecule has 1 saturated heterocycles. The Balaban J connectivity index is 2.12. The average Bonchev–Trinajstić information content (AvgIpc) is 2.61. The molecule has 1 N–H and O–H groups in total. The fraction of sp³-hybridized carbons (Fsp3) is 0.600. The van der Waals surface area contributed by atoms with E-state index in [0.29, 0.717) is 45.2 Å². The van der Waals surface area contributed by atoms with E-state index in [0.717, 1.165) is 0 Å². The molecule has 1 amide bonds. The number of carbonyl (C=O) groups excluding carboxylic acids is 1. The molecule has 0 saturated carbocycles. The molecule has 0 aromatic carbocycles. The monoisotopic (exact) mass is 356 g/mol. The highest BCUT2D eigenvalue weighted by molar-refractivity contribution is 7.89. The Morgan fingerprint density at radius 2 is 2.04 bits per heavy atom. The number of ether oxygens (including phenoxy) is 1. The van der Waals surface area contributed by atoms with E-state index in [2.05, 4.69) is 10.3 Å². The molecule has 1 aromatic rings. The maximum Gasteiger partial charge on any atom is 0.244 e. The highest BCUT2D eigenvalue weighted by atomic mass is 32.2. The minimum Gasteiger partial charge on any atom is -0.379 e. The van der Waals surface area contributed by atoms with Crippen molar-refractivity contribution in [2.45, 2.75) is 18.7 Å². The molecule has 0 atom stereocenters. The van der Waals surface area contributed by atoms with Gasteiger partial charge in [0.15, 0.2) is 0 Å². The van der Waals surface area contributed by atoms with Crippen LogP contribution in [0.25, 0.3) is 0 Å². The number of amides is 1. The summed E-state index contributed by atoms with van der Waals surface area (Å²) in [6, 6.07) is 3.17. The van der Waals surface area contributed by atoms with E-state index in [9.17, 15) is 13.2 Å². The predicted molar refractivity (Wildman–Crippen MR) is 90.4 cm³/mol. The van der Waals surface area contributed by atoms with Gasteiger partial charge in [-0.3, -0.25) is 4.79 Å². The number of sulfonamides is 1. The highest BCUT2D eigenvalue weighted by Crippen LogP contribution is 2.19. The van der Waals surface area contributed by atoms with Gasteiger partial charge in [0.2, 0.25) is 15.9 Å². The van der Waals surface area contributed by atoms with E-state index in [1.165, 1.54) is 16.6 Å². The summed E-state index contributed by atoms with van der Waals surface area (Å²) in [5, 5.41) is 2.74. The molecule has 2 heterocycles. The Morgan fingerprint density at radius 1 is 1.33 bits per heavy atom. The summed E-state index contributed by atoms with van der Waals surface area (Å²) in [5.41, 5.74) is 0. The van der Waals surface area contributed by atoms with Crippen molar-refractivity contribution in [3.63, 3.8) is 0 Å². The molecule has 0 spiro atoms. The summed E-state index contributed by atoms with van der Waals surface area (Å²) >= 11 is 0. The van der Waals surface area contributed by atoms with Crippen LogP contribution in [-0.2, 0) is 19.6 Å². The van der Waals surface area contributed by atoms with E-state index in [-0.39, 0.29) is 17.3 Å². The van der Waals surface area contributed by atoms with Gasteiger partial charge in [-0.05, 0) is 26.0 Å². The highest BCUT2D eigenvalue weighted by Gasteiger charge is 2.26. The van der Waals surface area contributed by atoms with E-state index in [1.54, 1.807) is 11.0 Å². The van der Waals surface area contributed by atoms with Crippen LogP contribution in [0.1, 0.15) is 13.8 Å². The maximum absolute atomic E-state index is 12.6. The number of anilines is 1. The SMILES string of the molecule is CCNC(=O)CN(CC)c1ccc(S(=O)(=O)N2CCOCC2)cn1. The number of aromatic nitrogens is 1. The molecule has 9 heteroatoms. The molecule has 0 radical (unpaired) electrons. The van der Waals surface area contributed by atoms with E-state index >= 15 is 0 Å². The van der Waals surface area contributed by atoms with Crippen LogP contribution >= 0.6 is 0 Å². The molecule has 1 aromatic heterocycles. The lowest BCUT2D eigenvalue weighted by Crippen LogP contribution is -2.40. The number of hydrogen-bond donors (Lipinski definition) is 1. The van der Waals surface area contributed by atoms with Crippen LogP contribution < -0.4 is 10.2 Å². The second-order valence-electron chi connectivity index (χ2n) is 5.34. The molecule has 0 unspecified atom stereocenters. The largest absolute Gasteiger partial charge is 0.379 e. The van der Waals surface area contributed by atoms with Crippen LogP contribution in [0.15, 0.2) is 23.2 Å². The molecule has 1 aliphatic heterocycles. The van der Waals surface area contributed by atoms with Crippen molar-refractivity contribution >= 4 is 21.7 Å². The number of morpholine rings is 1. The van der Waals surface area contributed by atoms with Gasteiger partial charge < -0.3 is 15.0 Å². The van der Waals surface area contributed by atoms with Gasteiger partial charge >= 0.3 is 0 Å². The second kappa shape index (κ2) is 8.41. The summed E-state index contributed by atoms with van der Waals surface area (Å²) in [7, 11) is -3.55. The quantitative estimate of drug-likeness (QED) is 0.743. The van der Waals surface area contributed by atoms with Crippen molar-refractivity contribution in [2.75, 3.05) is 50.8 Å². The summed E-state index contributed by atoms with van der Waals surface area (Å²) in [6.45, 7) is 6.64. The molecule has 24 heavy (non-hydrogen) atoms. The first-order valence-corrected chi connectivity index (χ1v) is 9.48. The minimum atomic E-state index is -3.55. The lowest BCUT2D eigenvalue weighted by Gasteiger charge is -2.26. The first-order valence-electron chi connectivity index (χ1n) is 8.04. The van der Waals surface area contributed by atoms with Gasteiger partial charge in [-0.1, -0.05) is 0 Å². The van der Waals surface area contributed by atoms with Gasteiger partial charge in [-0.15, -0.1) is 0 Å². The Labute approximate surface area is 142 Å². The Hall–Kier alpha value is -1.71. The molecule has 1 fully saturated rings. The fourth-order valence-electron chi connectivity index (χ4n) is 2.43. The molecule has 2 rings (SSSR count). The lowest BCUT2D eigenvalue weighted by molar-refractivity contribution is -0.119. The second-order valence-corrected chi connectivity index (χ2v) is 7.27. The normalized spacial score (nSPS) is 15.9. The van der Waals surface area contributed by atoms with Gasteiger partial charge in [-0.2, -0.15) is 4.31 Å². The van der Waals surface area contributed by atoms with Gasteiger partial charge in [0.1, 0.15) is 10.7 Å². The minimum absolute atomic E-state index is 0.0915. The van der Waals surface area contributed by atoms with Crippen molar-refractivity contribution in [1.82, 2.24) is 14.6 Å². The lowest BCUT2D eigenvalue weighted by atomic mass is 10.4. The van der Waals surface area contributed by atoms with Gasteiger partial charge in [-0.25, -0.2) is 13.4 Å². The van der Waals surface area contributed by atoms with Crippen molar-refractivity contribution in [3.05, 3.63) is 18.3 Å². The summed E-state index contributed by atoms with van der Waals surface area (Å²) in [5.74, 6) is 0.482. The van der Waals surface area contributed by atoms with Crippen molar-refractivity contribution in [1.29, 1.82) is 0 Å². The van der Waals surface area contributed by atoms with Crippen LogP contribution in [0.5, 0.6) is 0 Å². The average molecular weight is 356 g/mol. The number of rotatable bonds is 7. The molecule has 1 aliphatic rings. The third kappa shape index (κ3) is 4.43. The van der Waals surface area contributed by atoms with Gasteiger partial charge in [0.25, 0.3) is 0 Å². The van der Waals surface area contributed by atoms with Crippen LogP contribution in [0.2, 0.25) is 0 Å². The fourth-order valence-corrected chi connectivity index (χ4v) is 3.78. The zero-order chi connectivity index (χ0) is 17.6. The maximum atomic E-state index is 12.6. The molecule has 134 valence electrons. The number of hydrogen-bond acceptors (Lipinski definition) is 6. The predicted octanol–water partition coefficient (Wildman–Crippen LogP) is 0.0649. The Kier molecular flexibility index (Phi) is 6.52. The summed E-state index contributed by atoms with van der Waals surface area (Å²) in [4.78, 5) is 17.9. The zero-order valence-electron chi connectivity index (χ0n) is 14.1. The Bertz CT molecular complexity index is 642. The van der Waals surface area contributed by atoms with E-state index < -0.39 is 10.0 Å². The van der Waals surface area contributed by atoms with Crippen molar-refractivity contribution in [3.8, 4) is 0 Å². The van der Waals surface area contributed by atoms with Crippen LogP contribution in [0.3, 0.4) is 0 Å². The topological polar surface area (TPSA) is 91.8 Å². The first kappa shape index (κ1) is 18.6. The van der Waals surface area contributed by atoms with Crippen LogP contribution in [0, 0.1) is 0 Å². The van der Waals surface area contributed by atoms with E-state index in [4.69, 9.17) is 4.74 Å². The summed E-state index contributed by atoms with van der Waals surface area (Å²) in [6.07, 6.45) is 1.35. The zero-order valence-corrected chi connectivity index (χ0v) is 14.9. The van der Waals surface area contributed by atoms with Crippen molar-refractivity contribution in [2.24, 2.45) is 0 Å². The Morgan fingerprint density at radius 3 is 2.58 bits per heavy atom. The number of nitrogens with zero attached hydrogens (tertiary/aromatic N) is 3. The summed E-state index contributed by atoms with van der Waals surface area (Å²) < 4.78 is 31.7. The number of pyridine rings is 1. The first-order chi connectivity index (χ1) is 11.5. The number of carbonyl (C=O) groups is 1. The number of likely N-dealkylation sites (N-methyl/N-ethyl adjacent to an activating group) is 2. The third-order valence-corrected chi connectivity index (χ3v) is 5.62. The van der Waals surface area contributed by atoms with Gasteiger partial charge in [0, 0.05) is 32.4 Å².